The zero-order chi connectivity index (χ0) is 13.2. The fraction of sp³-hybridized carbons (Fsp3) is 0.600. The van der Waals surface area contributed by atoms with Gasteiger partial charge in [0.2, 0.25) is 0 Å². The first-order chi connectivity index (χ1) is 8.46. The lowest BCUT2D eigenvalue weighted by Crippen LogP contribution is -2.36. The molecule has 1 atom stereocenters. The van der Waals surface area contributed by atoms with Crippen LogP contribution in [0.25, 0.3) is 0 Å². The average Bonchev–Trinajstić information content (AvgIpc) is 2.61. The van der Waals surface area contributed by atoms with Crippen molar-refractivity contribution in [3.8, 4) is 0 Å². The van der Waals surface area contributed by atoms with Gasteiger partial charge in [0.1, 0.15) is 0 Å². The Morgan fingerprint density at radius 3 is 2.83 bits per heavy atom. The van der Waals surface area contributed by atoms with Gasteiger partial charge in [-0.15, -0.1) is 0 Å². The number of sulfone groups is 1. The molecular weight excluding hydrogens is 258 g/mol. The molecule has 8 heteroatoms. The molecule has 0 saturated carbocycles. The van der Waals surface area contributed by atoms with E-state index in [1.54, 1.807) is 0 Å². The van der Waals surface area contributed by atoms with Crippen LogP contribution < -0.4 is 16.6 Å². The maximum atomic E-state index is 11.4. The Bertz CT molecular complexity index is 631. The Morgan fingerprint density at radius 1 is 1.44 bits per heavy atom. The number of hydrogen-bond donors (Lipinski definition) is 2. The van der Waals surface area contributed by atoms with Crippen LogP contribution in [0.5, 0.6) is 0 Å². The predicted octanol–water partition coefficient (Wildman–Crippen LogP) is -1.69. The molecule has 0 aromatic carbocycles. The summed E-state index contributed by atoms with van der Waals surface area (Å²) < 4.78 is 23.8. The van der Waals surface area contributed by atoms with E-state index in [1.807, 2.05) is 0 Å². The number of H-pyrrole nitrogens is 1. The van der Waals surface area contributed by atoms with E-state index in [9.17, 15) is 18.0 Å². The van der Waals surface area contributed by atoms with Crippen molar-refractivity contribution in [1.29, 1.82) is 0 Å². The van der Waals surface area contributed by atoms with E-state index in [-0.39, 0.29) is 17.5 Å². The summed E-state index contributed by atoms with van der Waals surface area (Å²) >= 11 is 0. The molecule has 2 heterocycles. The zero-order valence-electron chi connectivity index (χ0n) is 9.76. The quantitative estimate of drug-likeness (QED) is 0.682. The summed E-state index contributed by atoms with van der Waals surface area (Å²) in [4.78, 5) is 24.4. The van der Waals surface area contributed by atoms with Crippen molar-refractivity contribution in [1.82, 2.24) is 14.9 Å². The highest BCUT2D eigenvalue weighted by Gasteiger charge is 2.26. The summed E-state index contributed by atoms with van der Waals surface area (Å²) in [6.07, 6.45) is 2.04. The molecule has 2 rings (SSSR count). The number of rotatable bonds is 4. The summed E-state index contributed by atoms with van der Waals surface area (Å²) in [6, 6.07) is 1.25. The molecule has 0 spiro atoms. The second-order valence-corrected chi connectivity index (χ2v) is 6.59. The summed E-state index contributed by atoms with van der Waals surface area (Å²) in [6.45, 7) is 0.887. The molecular formula is C10H15N3O4S. The van der Waals surface area contributed by atoms with Crippen LogP contribution in [0.15, 0.2) is 21.9 Å². The SMILES string of the molecule is O=c1ccn(CCNC2CCS(=O)(=O)C2)c(=O)[nH]1. The van der Waals surface area contributed by atoms with Gasteiger partial charge in [-0.05, 0) is 6.42 Å². The minimum atomic E-state index is -2.88. The van der Waals surface area contributed by atoms with Crippen LogP contribution in [-0.2, 0) is 16.4 Å². The van der Waals surface area contributed by atoms with E-state index in [0.717, 1.165) is 0 Å². The van der Waals surface area contributed by atoms with E-state index in [4.69, 9.17) is 0 Å². The van der Waals surface area contributed by atoms with E-state index < -0.39 is 21.1 Å². The van der Waals surface area contributed by atoms with Gasteiger partial charge in [-0.1, -0.05) is 0 Å². The first-order valence-corrected chi connectivity index (χ1v) is 7.52. The molecule has 0 radical (unpaired) electrons. The molecule has 2 N–H and O–H groups in total. The van der Waals surface area contributed by atoms with Gasteiger partial charge in [0.15, 0.2) is 9.84 Å². The molecule has 100 valence electrons. The van der Waals surface area contributed by atoms with Crippen molar-refractivity contribution in [2.75, 3.05) is 18.1 Å². The molecule has 1 saturated heterocycles. The van der Waals surface area contributed by atoms with Crippen LogP contribution in [0.3, 0.4) is 0 Å². The number of aromatic amines is 1. The highest BCUT2D eigenvalue weighted by molar-refractivity contribution is 7.91. The molecule has 1 aromatic heterocycles. The zero-order valence-corrected chi connectivity index (χ0v) is 10.6. The first kappa shape index (κ1) is 13.0. The topological polar surface area (TPSA) is 101 Å². The van der Waals surface area contributed by atoms with Crippen LogP contribution in [0.4, 0.5) is 0 Å². The minimum Gasteiger partial charge on any atom is -0.311 e. The Morgan fingerprint density at radius 2 is 2.22 bits per heavy atom. The highest BCUT2D eigenvalue weighted by atomic mass is 32.2. The van der Waals surface area contributed by atoms with Crippen molar-refractivity contribution in [2.24, 2.45) is 0 Å². The lowest BCUT2D eigenvalue weighted by Gasteiger charge is -2.11. The van der Waals surface area contributed by atoms with Gasteiger partial charge in [-0.2, -0.15) is 0 Å². The lowest BCUT2D eigenvalue weighted by atomic mass is 10.2. The van der Waals surface area contributed by atoms with Gasteiger partial charge in [0.25, 0.3) is 5.56 Å². The molecule has 0 bridgehead atoms. The van der Waals surface area contributed by atoms with Crippen LogP contribution in [0.2, 0.25) is 0 Å². The van der Waals surface area contributed by atoms with Crippen molar-refractivity contribution in [3.05, 3.63) is 33.1 Å². The maximum absolute atomic E-state index is 11.4. The first-order valence-electron chi connectivity index (χ1n) is 5.70. The normalized spacial score (nSPS) is 22.1. The van der Waals surface area contributed by atoms with Crippen molar-refractivity contribution >= 4 is 9.84 Å². The third kappa shape index (κ3) is 3.30. The van der Waals surface area contributed by atoms with Crippen molar-refractivity contribution in [3.63, 3.8) is 0 Å². The molecule has 1 fully saturated rings. The van der Waals surface area contributed by atoms with Gasteiger partial charge < -0.3 is 5.32 Å². The molecule has 1 aliphatic heterocycles. The average molecular weight is 273 g/mol. The largest absolute Gasteiger partial charge is 0.328 e. The lowest BCUT2D eigenvalue weighted by molar-refractivity contribution is 0.509. The number of nitrogens with one attached hydrogen (secondary N) is 2. The molecule has 1 aromatic rings. The fourth-order valence-electron chi connectivity index (χ4n) is 1.97. The summed E-state index contributed by atoms with van der Waals surface area (Å²) in [5.74, 6) is 0.386. The molecule has 0 amide bonds. The second-order valence-electron chi connectivity index (χ2n) is 4.36. The van der Waals surface area contributed by atoms with Crippen molar-refractivity contribution < 1.29 is 8.42 Å². The van der Waals surface area contributed by atoms with Gasteiger partial charge in [-0.3, -0.25) is 14.3 Å². The third-order valence-corrected chi connectivity index (χ3v) is 4.68. The van der Waals surface area contributed by atoms with Gasteiger partial charge >= 0.3 is 5.69 Å². The van der Waals surface area contributed by atoms with E-state index >= 15 is 0 Å². The van der Waals surface area contributed by atoms with E-state index in [1.165, 1.54) is 16.8 Å². The van der Waals surface area contributed by atoms with Gasteiger partial charge in [-0.25, -0.2) is 13.2 Å². The Balaban J connectivity index is 1.86. The molecule has 1 aliphatic rings. The maximum Gasteiger partial charge on any atom is 0.328 e. The molecule has 7 nitrogen and oxygen atoms in total. The standard InChI is InChI=1S/C10H15N3O4S/c14-9-1-4-13(10(15)12-9)5-3-11-8-2-6-18(16,17)7-8/h1,4,8,11H,2-3,5-7H2,(H,12,14,15). The van der Waals surface area contributed by atoms with Crippen LogP contribution in [0, 0.1) is 0 Å². The van der Waals surface area contributed by atoms with Gasteiger partial charge in [0.05, 0.1) is 11.5 Å². The third-order valence-electron chi connectivity index (χ3n) is 2.92. The van der Waals surface area contributed by atoms with Crippen LogP contribution in [-0.4, -0.2) is 42.1 Å². The monoisotopic (exact) mass is 273 g/mol. The van der Waals surface area contributed by atoms with Crippen LogP contribution in [0.1, 0.15) is 6.42 Å². The number of nitrogens with zero attached hydrogens (tertiary/aromatic N) is 1. The van der Waals surface area contributed by atoms with E-state index in [0.29, 0.717) is 19.5 Å². The predicted molar refractivity (Wildman–Crippen MR) is 66.4 cm³/mol. The minimum absolute atomic E-state index is 0.0338. The second kappa shape index (κ2) is 5.07. The Labute approximate surface area is 104 Å². The number of aromatic nitrogens is 2. The van der Waals surface area contributed by atoms with Crippen molar-refractivity contribution in [2.45, 2.75) is 19.0 Å². The summed E-state index contributed by atoms with van der Waals surface area (Å²) in [5.41, 5.74) is -0.880. The smallest absolute Gasteiger partial charge is 0.311 e. The molecule has 0 aliphatic carbocycles. The fourth-order valence-corrected chi connectivity index (χ4v) is 3.67. The van der Waals surface area contributed by atoms with Crippen LogP contribution >= 0.6 is 0 Å². The highest BCUT2D eigenvalue weighted by Crippen LogP contribution is 2.10. The van der Waals surface area contributed by atoms with E-state index in [2.05, 4.69) is 10.3 Å². The molecule has 18 heavy (non-hydrogen) atoms. The Hall–Kier alpha value is -1.41. The summed E-state index contributed by atoms with van der Waals surface area (Å²) in [7, 11) is -2.88. The summed E-state index contributed by atoms with van der Waals surface area (Å²) in [5, 5.41) is 3.10. The van der Waals surface area contributed by atoms with Gasteiger partial charge in [0, 0.05) is 31.4 Å². The molecule has 1 unspecified atom stereocenters. The Kier molecular flexibility index (Phi) is 3.67. The number of hydrogen-bond acceptors (Lipinski definition) is 5.